The Morgan fingerprint density at radius 2 is 1.65 bits per heavy atom. The molecule has 1 aromatic rings. The van der Waals surface area contributed by atoms with Crippen LogP contribution in [0.25, 0.3) is 0 Å². The van der Waals surface area contributed by atoms with Gasteiger partial charge in [0.05, 0.1) is 5.25 Å². The second kappa shape index (κ2) is 14.2. The minimum absolute atomic E-state index is 0.0247. The smallest absolute Gasteiger partial charge is 0.246 e. The van der Waals surface area contributed by atoms with Crippen LogP contribution in [0.1, 0.15) is 66.4 Å². The number of aryl methyl sites for hydroxylation is 1. The Labute approximate surface area is 223 Å². The predicted molar refractivity (Wildman–Crippen MR) is 146 cm³/mol. The molecule has 4 atom stereocenters. The molecule has 0 spiro atoms. The van der Waals surface area contributed by atoms with E-state index in [1.165, 1.54) is 11.8 Å². The van der Waals surface area contributed by atoms with Crippen molar-refractivity contribution in [3.63, 3.8) is 0 Å². The Kier molecular flexibility index (Phi) is 11.6. The van der Waals surface area contributed by atoms with Crippen molar-refractivity contribution in [3.05, 3.63) is 29.8 Å². The third kappa shape index (κ3) is 8.87. The van der Waals surface area contributed by atoms with Gasteiger partial charge in [0.2, 0.25) is 29.5 Å². The van der Waals surface area contributed by atoms with Crippen LogP contribution in [0.15, 0.2) is 24.3 Å². The first-order chi connectivity index (χ1) is 17.5. The number of carbonyl (C=O) groups excluding carboxylic acids is 5. The van der Waals surface area contributed by atoms with E-state index in [0.29, 0.717) is 5.69 Å². The number of benzene rings is 1. The van der Waals surface area contributed by atoms with Gasteiger partial charge in [-0.1, -0.05) is 46.8 Å². The third-order valence-corrected chi connectivity index (χ3v) is 7.88. The number of thioether (sulfide) groups is 1. The zero-order valence-corrected chi connectivity index (χ0v) is 23.4. The fourth-order valence-corrected chi connectivity index (χ4v) is 5.04. The maximum Gasteiger partial charge on any atom is 0.246 e. The second-order valence-corrected chi connectivity index (χ2v) is 11.4. The number of likely N-dealkylation sites (tertiary alicyclic amines) is 1. The van der Waals surface area contributed by atoms with Crippen molar-refractivity contribution in [1.82, 2.24) is 15.5 Å². The van der Waals surface area contributed by atoms with Crippen LogP contribution in [0.5, 0.6) is 0 Å². The lowest BCUT2D eigenvalue weighted by Gasteiger charge is -2.24. The van der Waals surface area contributed by atoms with Gasteiger partial charge in [0.25, 0.3) is 0 Å². The van der Waals surface area contributed by atoms with Gasteiger partial charge < -0.3 is 16.0 Å². The number of hydrogen-bond donors (Lipinski definition) is 3. The predicted octanol–water partition coefficient (Wildman–Crippen LogP) is 2.88. The van der Waals surface area contributed by atoms with E-state index in [0.717, 1.165) is 23.3 Å². The van der Waals surface area contributed by atoms with Crippen LogP contribution in [-0.4, -0.2) is 63.6 Å². The van der Waals surface area contributed by atoms with Gasteiger partial charge in [-0.05, 0) is 43.4 Å². The first-order valence-corrected chi connectivity index (χ1v) is 13.9. The Bertz CT molecular complexity index is 982. The lowest BCUT2D eigenvalue weighted by Crippen LogP contribution is -2.54. The van der Waals surface area contributed by atoms with E-state index in [9.17, 15) is 24.0 Å². The standard InChI is InChI=1S/C27H40N4O5S/c1-7-17(5)37-21-15-23(33)31(27(21)36)14-13-22(32)30-24(16(3)4)26(35)28-18(6)25(34)29-20-11-9-19(8-2)10-12-20/h9-12,16-18,21,24H,7-8,13-15H2,1-6H3,(H,28,35)(H,29,34)(H,30,32)/t17?,18-,21?,24?/m0/s1. The SMILES string of the molecule is CCc1ccc(NC(=O)[C@H](C)NC(=O)C(NC(=O)CCN2C(=O)CC(SC(C)CC)C2=O)C(C)C)cc1. The van der Waals surface area contributed by atoms with Crippen molar-refractivity contribution in [3.8, 4) is 0 Å². The highest BCUT2D eigenvalue weighted by Crippen LogP contribution is 2.29. The summed E-state index contributed by atoms with van der Waals surface area (Å²) >= 11 is 1.49. The Balaban J connectivity index is 1.88. The lowest BCUT2D eigenvalue weighted by molar-refractivity contribution is -0.139. The van der Waals surface area contributed by atoms with Gasteiger partial charge in [-0.3, -0.25) is 28.9 Å². The number of hydrogen-bond acceptors (Lipinski definition) is 6. The van der Waals surface area contributed by atoms with Crippen LogP contribution in [0.3, 0.4) is 0 Å². The maximum absolute atomic E-state index is 12.9. The molecule has 5 amide bonds. The van der Waals surface area contributed by atoms with Gasteiger partial charge >= 0.3 is 0 Å². The molecule has 3 N–H and O–H groups in total. The summed E-state index contributed by atoms with van der Waals surface area (Å²) in [5, 5.41) is 7.99. The van der Waals surface area contributed by atoms with E-state index < -0.39 is 29.1 Å². The van der Waals surface area contributed by atoms with E-state index in [4.69, 9.17) is 0 Å². The largest absolute Gasteiger partial charge is 0.344 e. The molecule has 1 aliphatic heterocycles. The number of nitrogens with zero attached hydrogens (tertiary/aromatic N) is 1. The fraction of sp³-hybridized carbons (Fsp3) is 0.593. The fourth-order valence-electron chi connectivity index (χ4n) is 3.81. The molecule has 3 unspecified atom stereocenters. The summed E-state index contributed by atoms with van der Waals surface area (Å²) in [6.07, 6.45) is 1.84. The van der Waals surface area contributed by atoms with Gasteiger partial charge in [-0.25, -0.2) is 0 Å². The summed E-state index contributed by atoms with van der Waals surface area (Å²) in [5.41, 5.74) is 1.78. The minimum Gasteiger partial charge on any atom is -0.344 e. The minimum atomic E-state index is -0.870. The number of carbonyl (C=O) groups is 5. The molecule has 204 valence electrons. The van der Waals surface area contributed by atoms with Crippen LogP contribution in [0.2, 0.25) is 0 Å². The topological polar surface area (TPSA) is 125 Å². The van der Waals surface area contributed by atoms with E-state index in [-0.39, 0.29) is 48.3 Å². The third-order valence-electron chi connectivity index (χ3n) is 6.38. The molecule has 10 heteroatoms. The molecular formula is C27H40N4O5S. The summed E-state index contributed by atoms with van der Waals surface area (Å²) in [6, 6.07) is 5.78. The van der Waals surface area contributed by atoms with Crippen LogP contribution >= 0.6 is 11.8 Å². The van der Waals surface area contributed by atoms with Gasteiger partial charge in [-0.15, -0.1) is 11.8 Å². The molecular weight excluding hydrogens is 492 g/mol. The highest BCUT2D eigenvalue weighted by atomic mass is 32.2. The molecule has 1 fully saturated rings. The van der Waals surface area contributed by atoms with Crippen molar-refractivity contribution in [2.24, 2.45) is 5.92 Å². The number of rotatable bonds is 13. The average Bonchev–Trinajstić information content (AvgIpc) is 3.12. The molecule has 1 heterocycles. The molecule has 1 aliphatic rings. The summed E-state index contributed by atoms with van der Waals surface area (Å²) in [6.45, 7) is 11.2. The molecule has 0 radical (unpaired) electrons. The molecule has 1 saturated heterocycles. The number of nitrogens with one attached hydrogen (secondary N) is 3. The van der Waals surface area contributed by atoms with Gasteiger partial charge in [0.15, 0.2) is 0 Å². The summed E-state index contributed by atoms with van der Waals surface area (Å²) in [7, 11) is 0. The molecule has 9 nitrogen and oxygen atoms in total. The molecule has 0 aromatic heterocycles. The van der Waals surface area contributed by atoms with Crippen molar-refractivity contribution in [1.29, 1.82) is 0 Å². The normalized spacial score (nSPS) is 17.9. The van der Waals surface area contributed by atoms with E-state index in [2.05, 4.69) is 16.0 Å². The summed E-state index contributed by atoms with van der Waals surface area (Å²) in [4.78, 5) is 64.1. The molecule has 37 heavy (non-hydrogen) atoms. The zero-order valence-electron chi connectivity index (χ0n) is 22.6. The van der Waals surface area contributed by atoms with Gasteiger partial charge in [0.1, 0.15) is 12.1 Å². The Morgan fingerprint density at radius 1 is 1.00 bits per heavy atom. The highest BCUT2D eigenvalue weighted by molar-refractivity contribution is 8.01. The van der Waals surface area contributed by atoms with Crippen LogP contribution in [0.4, 0.5) is 5.69 Å². The monoisotopic (exact) mass is 532 g/mol. The maximum atomic E-state index is 12.9. The molecule has 1 aromatic carbocycles. The van der Waals surface area contributed by atoms with Crippen LogP contribution in [-0.2, 0) is 30.4 Å². The zero-order chi connectivity index (χ0) is 27.7. The van der Waals surface area contributed by atoms with E-state index in [1.54, 1.807) is 20.8 Å². The first-order valence-electron chi connectivity index (χ1n) is 13.0. The van der Waals surface area contributed by atoms with Crippen LogP contribution in [0, 0.1) is 5.92 Å². The Morgan fingerprint density at radius 3 is 2.22 bits per heavy atom. The number of anilines is 1. The quantitative estimate of drug-likeness (QED) is 0.336. The first kappa shape index (κ1) is 30.3. The number of imide groups is 1. The highest BCUT2D eigenvalue weighted by Gasteiger charge is 2.39. The van der Waals surface area contributed by atoms with Crippen molar-refractivity contribution >= 4 is 47.0 Å². The molecule has 0 bridgehead atoms. The molecule has 0 aliphatic carbocycles. The average molecular weight is 533 g/mol. The van der Waals surface area contributed by atoms with Crippen LogP contribution < -0.4 is 16.0 Å². The van der Waals surface area contributed by atoms with E-state index >= 15 is 0 Å². The van der Waals surface area contributed by atoms with Gasteiger partial charge in [-0.2, -0.15) is 0 Å². The molecule has 2 rings (SSSR count). The summed E-state index contributed by atoms with van der Waals surface area (Å²) in [5.74, 6) is -2.08. The summed E-state index contributed by atoms with van der Waals surface area (Å²) < 4.78 is 0. The lowest BCUT2D eigenvalue weighted by atomic mass is 10.0. The van der Waals surface area contributed by atoms with E-state index in [1.807, 2.05) is 45.0 Å². The van der Waals surface area contributed by atoms with Crippen molar-refractivity contribution in [2.45, 2.75) is 89.8 Å². The molecule has 0 saturated carbocycles. The number of amides is 5. The van der Waals surface area contributed by atoms with Gasteiger partial charge in [0, 0.05) is 30.3 Å². The Hall–Kier alpha value is -2.88. The second-order valence-electron chi connectivity index (χ2n) is 9.74. The van der Waals surface area contributed by atoms with Crippen molar-refractivity contribution < 1.29 is 24.0 Å². The van der Waals surface area contributed by atoms with Crippen molar-refractivity contribution in [2.75, 3.05) is 11.9 Å².